The molecule has 0 spiro atoms. The highest BCUT2D eigenvalue weighted by Gasteiger charge is 2.48. The highest BCUT2D eigenvalue weighted by Crippen LogP contribution is 2.35. The molecule has 0 radical (unpaired) electrons. The number of nitrogens with zero attached hydrogens (tertiary/aromatic N) is 2. The minimum atomic E-state index is -1.03. The van der Waals surface area contributed by atoms with E-state index in [1.54, 1.807) is 25.2 Å². The van der Waals surface area contributed by atoms with Crippen LogP contribution in [0.25, 0.3) is 11.1 Å². The van der Waals surface area contributed by atoms with Gasteiger partial charge in [-0.3, -0.25) is 9.59 Å². The Labute approximate surface area is 211 Å². The van der Waals surface area contributed by atoms with Gasteiger partial charge in [-0.1, -0.05) is 25.3 Å². The highest BCUT2D eigenvalue weighted by atomic mass is 16.5. The van der Waals surface area contributed by atoms with Crippen molar-refractivity contribution in [3.05, 3.63) is 47.3 Å². The summed E-state index contributed by atoms with van der Waals surface area (Å²) in [6, 6.07) is 9.65. The Balaban J connectivity index is 1.47. The molecule has 2 aromatic heterocycles. The first kappa shape index (κ1) is 24.3. The minimum absolute atomic E-state index is 0.0946. The number of furan rings is 1. The number of carbonyl (C=O) groups excluding carboxylic acids is 2. The van der Waals surface area contributed by atoms with Crippen LogP contribution in [-0.2, 0) is 17.8 Å². The third-order valence-electron chi connectivity index (χ3n) is 7.74. The Hall–Kier alpha value is -3.42. The molecular formula is C28H35N3O5. The normalized spacial score (nSPS) is 20.4. The van der Waals surface area contributed by atoms with Crippen LogP contribution >= 0.6 is 0 Å². The second-order valence-corrected chi connectivity index (χ2v) is 10.2. The maximum Gasteiger partial charge on any atom is 0.271 e. The molecule has 2 aliphatic rings. The molecule has 1 aromatic carbocycles. The van der Waals surface area contributed by atoms with Crippen LogP contribution in [0.1, 0.15) is 60.8 Å². The van der Waals surface area contributed by atoms with E-state index in [4.69, 9.17) is 13.9 Å². The van der Waals surface area contributed by atoms with Crippen molar-refractivity contribution in [2.45, 2.75) is 70.5 Å². The van der Waals surface area contributed by atoms with Gasteiger partial charge in [0.15, 0.2) is 17.1 Å². The summed E-state index contributed by atoms with van der Waals surface area (Å²) >= 11 is 0. The van der Waals surface area contributed by atoms with E-state index in [2.05, 4.69) is 5.32 Å². The number of hydrogen-bond donors (Lipinski definition) is 1. The molecule has 1 aliphatic heterocycles. The lowest BCUT2D eigenvalue weighted by Crippen LogP contribution is -2.65. The average molecular weight is 494 g/mol. The van der Waals surface area contributed by atoms with E-state index in [0.717, 1.165) is 42.5 Å². The van der Waals surface area contributed by atoms with Crippen LogP contribution in [0.3, 0.4) is 0 Å². The lowest BCUT2D eigenvalue weighted by Gasteiger charge is -2.45. The standard InChI is InChI=1S/C28H35N3O5/c1-18-14-21-24(36-18)16-22-26(32)31(13-12-19-10-11-23(34-3)25(15-19)35-4)28(2,17-30(21)22)27(33)29-20-8-6-5-7-9-20/h10-11,14-16,20H,5-9,12-13,17H2,1-4H3,(H,29,33)/t28-/m1/s1. The van der Waals surface area contributed by atoms with E-state index < -0.39 is 5.54 Å². The lowest BCUT2D eigenvalue weighted by atomic mass is 9.91. The molecule has 1 fully saturated rings. The maximum absolute atomic E-state index is 13.9. The zero-order valence-electron chi connectivity index (χ0n) is 21.6. The summed E-state index contributed by atoms with van der Waals surface area (Å²) in [4.78, 5) is 29.4. The molecule has 3 aromatic rings. The van der Waals surface area contributed by atoms with Gasteiger partial charge in [0.25, 0.3) is 5.91 Å². The van der Waals surface area contributed by atoms with Crippen LogP contribution in [0.15, 0.2) is 34.7 Å². The predicted octanol–water partition coefficient (Wildman–Crippen LogP) is 4.47. The van der Waals surface area contributed by atoms with Crippen LogP contribution in [0.2, 0.25) is 0 Å². The molecule has 192 valence electrons. The Morgan fingerprint density at radius 1 is 1.11 bits per heavy atom. The van der Waals surface area contributed by atoms with E-state index in [1.165, 1.54) is 6.42 Å². The number of rotatable bonds is 7. The summed E-state index contributed by atoms with van der Waals surface area (Å²) in [5, 5.41) is 3.28. The Morgan fingerprint density at radius 2 is 1.86 bits per heavy atom. The first-order valence-electron chi connectivity index (χ1n) is 12.8. The first-order chi connectivity index (χ1) is 17.3. The van der Waals surface area contributed by atoms with Crippen molar-refractivity contribution >= 4 is 22.9 Å². The van der Waals surface area contributed by atoms with Crippen molar-refractivity contribution in [2.75, 3.05) is 20.8 Å². The molecule has 36 heavy (non-hydrogen) atoms. The molecule has 0 bridgehead atoms. The smallest absolute Gasteiger partial charge is 0.271 e. The molecule has 5 rings (SSSR count). The van der Waals surface area contributed by atoms with Gasteiger partial charge in [-0.05, 0) is 50.8 Å². The van der Waals surface area contributed by atoms with Crippen molar-refractivity contribution in [1.82, 2.24) is 14.8 Å². The van der Waals surface area contributed by atoms with Gasteiger partial charge < -0.3 is 28.7 Å². The lowest BCUT2D eigenvalue weighted by molar-refractivity contribution is -0.133. The quantitative estimate of drug-likeness (QED) is 0.525. The number of hydrogen-bond acceptors (Lipinski definition) is 5. The van der Waals surface area contributed by atoms with E-state index in [-0.39, 0.29) is 17.9 Å². The number of ether oxygens (including phenoxy) is 2. The Bertz CT molecular complexity index is 1290. The van der Waals surface area contributed by atoms with Crippen LogP contribution in [-0.4, -0.2) is 53.6 Å². The number of amides is 2. The van der Waals surface area contributed by atoms with E-state index >= 15 is 0 Å². The summed E-state index contributed by atoms with van der Waals surface area (Å²) in [5.41, 5.74) is 2.05. The summed E-state index contributed by atoms with van der Waals surface area (Å²) in [6.45, 7) is 4.55. The van der Waals surface area contributed by atoms with Crippen LogP contribution in [0, 0.1) is 6.92 Å². The van der Waals surface area contributed by atoms with Gasteiger partial charge in [-0.2, -0.15) is 0 Å². The molecule has 8 nitrogen and oxygen atoms in total. The average Bonchev–Trinajstić information content (AvgIpc) is 3.40. The monoisotopic (exact) mass is 493 g/mol. The molecule has 0 saturated heterocycles. The third kappa shape index (κ3) is 4.22. The topological polar surface area (TPSA) is 85.9 Å². The number of nitrogens with one attached hydrogen (secondary N) is 1. The molecule has 1 atom stereocenters. The van der Waals surface area contributed by atoms with Gasteiger partial charge in [0.2, 0.25) is 5.91 Å². The number of carbonyl (C=O) groups is 2. The maximum atomic E-state index is 13.9. The number of methoxy groups -OCH3 is 2. The molecule has 1 N–H and O–H groups in total. The van der Waals surface area contributed by atoms with E-state index in [9.17, 15) is 9.59 Å². The van der Waals surface area contributed by atoms with Crippen molar-refractivity contribution in [3.63, 3.8) is 0 Å². The second-order valence-electron chi connectivity index (χ2n) is 10.2. The number of benzene rings is 1. The first-order valence-corrected chi connectivity index (χ1v) is 12.8. The van der Waals surface area contributed by atoms with Crippen molar-refractivity contribution in [3.8, 4) is 11.5 Å². The highest BCUT2D eigenvalue weighted by molar-refractivity contribution is 6.03. The summed E-state index contributed by atoms with van der Waals surface area (Å²) in [7, 11) is 3.21. The molecule has 8 heteroatoms. The van der Waals surface area contributed by atoms with Gasteiger partial charge in [0.05, 0.1) is 26.3 Å². The van der Waals surface area contributed by atoms with E-state index in [0.29, 0.717) is 42.3 Å². The van der Waals surface area contributed by atoms with Crippen LogP contribution in [0.5, 0.6) is 11.5 Å². The van der Waals surface area contributed by atoms with Gasteiger partial charge in [-0.25, -0.2) is 0 Å². The SMILES string of the molecule is COc1ccc(CCN2C(=O)c3cc4oc(C)cc4n3C[C@]2(C)C(=O)NC2CCCCC2)cc1OC. The molecule has 2 amide bonds. The summed E-state index contributed by atoms with van der Waals surface area (Å²) in [6.07, 6.45) is 6.02. The van der Waals surface area contributed by atoms with Crippen molar-refractivity contribution < 1.29 is 23.5 Å². The van der Waals surface area contributed by atoms with Gasteiger partial charge in [-0.15, -0.1) is 0 Å². The fourth-order valence-electron chi connectivity index (χ4n) is 5.68. The van der Waals surface area contributed by atoms with Gasteiger partial charge in [0, 0.05) is 24.7 Å². The van der Waals surface area contributed by atoms with E-state index in [1.807, 2.05) is 42.7 Å². The Kier molecular flexibility index (Phi) is 6.45. The molecule has 1 aliphatic carbocycles. The molecule has 1 saturated carbocycles. The minimum Gasteiger partial charge on any atom is -0.493 e. The largest absolute Gasteiger partial charge is 0.493 e. The number of aryl methyl sites for hydroxylation is 1. The van der Waals surface area contributed by atoms with Gasteiger partial charge >= 0.3 is 0 Å². The fraction of sp³-hybridized carbons (Fsp3) is 0.500. The summed E-state index contributed by atoms with van der Waals surface area (Å²) < 4.78 is 18.6. The molecular weight excluding hydrogens is 458 g/mol. The number of aromatic nitrogens is 1. The number of fused-ring (bicyclic) bond motifs is 3. The van der Waals surface area contributed by atoms with Crippen molar-refractivity contribution in [2.24, 2.45) is 0 Å². The fourth-order valence-corrected chi connectivity index (χ4v) is 5.68. The van der Waals surface area contributed by atoms with Crippen LogP contribution in [0.4, 0.5) is 0 Å². The second kappa shape index (κ2) is 9.56. The zero-order chi connectivity index (χ0) is 25.4. The molecule has 3 heterocycles. The zero-order valence-corrected chi connectivity index (χ0v) is 21.6. The van der Waals surface area contributed by atoms with Gasteiger partial charge in [0.1, 0.15) is 17.0 Å². The summed E-state index contributed by atoms with van der Waals surface area (Å²) in [5.74, 6) is 1.83. The Morgan fingerprint density at radius 3 is 2.58 bits per heavy atom. The third-order valence-corrected chi connectivity index (χ3v) is 7.74. The predicted molar refractivity (Wildman–Crippen MR) is 137 cm³/mol. The molecule has 0 unspecified atom stereocenters. The van der Waals surface area contributed by atoms with Crippen molar-refractivity contribution in [1.29, 1.82) is 0 Å². The van der Waals surface area contributed by atoms with Crippen LogP contribution < -0.4 is 14.8 Å².